The summed E-state index contributed by atoms with van der Waals surface area (Å²) < 4.78 is 7.07. The standard InChI is InChI=1S/C24H34N6O5/c1-5-26-21(33)18-16(31)17(32)22(35-18)30-12-27-15-19(25)28-14(29-20(15)30)8-11-24(34)9-6-13(7-10-24)23(2,3)4/h12-13,16-18,22,31-32,34H,5-7,9-10H2,1-4H3,(H,26,33)(H2,25,28,29)/t13?,16?,17-,18-,22+,24?/m0/s1. The van der Waals surface area contributed by atoms with Crippen molar-refractivity contribution < 1.29 is 24.9 Å². The van der Waals surface area contributed by atoms with Gasteiger partial charge in [-0.1, -0.05) is 26.7 Å². The minimum atomic E-state index is -1.43. The molecule has 11 nitrogen and oxygen atoms in total. The van der Waals surface area contributed by atoms with Crippen molar-refractivity contribution in [2.24, 2.45) is 11.3 Å². The number of ether oxygens (including phenoxy) is 1. The number of aliphatic hydroxyl groups excluding tert-OH is 2. The van der Waals surface area contributed by atoms with Crippen LogP contribution in [-0.4, -0.2) is 71.2 Å². The second kappa shape index (κ2) is 9.35. The molecule has 0 spiro atoms. The molecule has 0 aromatic carbocycles. The summed E-state index contributed by atoms with van der Waals surface area (Å²) in [6, 6.07) is 0. The zero-order valence-electron chi connectivity index (χ0n) is 20.5. The van der Waals surface area contributed by atoms with E-state index in [-0.39, 0.29) is 28.2 Å². The fourth-order valence-corrected chi connectivity index (χ4v) is 4.82. The molecule has 4 rings (SSSR count). The highest BCUT2D eigenvalue weighted by molar-refractivity contribution is 5.83. The van der Waals surface area contributed by atoms with Gasteiger partial charge in [-0.3, -0.25) is 9.36 Å². The highest BCUT2D eigenvalue weighted by atomic mass is 16.6. The van der Waals surface area contributed by atoms with E-state index in [1.54, 1.807) is 6.92 Å². The van der Waals surface area contributed by atoms with Gasteiger partial charge in [0.15, 0.2) is 23.8 Å². The second-order valence-corrected chi connectivity index (χ2v) is 10.5. The SMILES string of the molecule is CCNC(=O)[C@H]1O[C@@H](n2cnc3c(N)nc(C#CC4(O)CCC(C(C)(C)C)CC4)nc32)[C@@H](O)C1O. The minimum absolute atomic E-state index is 0.0785. The number of likely N-dealkylation sites (N-methyl/N-ethyl adjacent to an activating group) is 1. The molecule has 0 radical (unpaired) electrons. The zero-order valence-corrected chi connectivity index (χ0v) is 20.5. The van der Waals surface area contributed by atoms with E-state index in [1.807, 2.05) is 0 Å². The average molecular weight is 487 g/mol. The van der Waals surface area contributed by atoms with Crippen molar-refractivity contribution in [3.05, 3.63) is 12.2 Å². The van der Waals surface area contributed by atoms with Crippen molar-refractivity contribution in [3.8, 4) is 11.8 Å². The van der Waals surface area contributed by atoms with Crippen LogP contribution in [0.4, 0.5) is 5.82 Å². The van der Waals surface area contributed by atoms with Gasteiger partial charge in [0.2, 0.25) is 5.82 Å². The van der Waals surface area contributed by atoms with Crippen molar-refractivity contribution in [1.82, 2.24) is 24.8 Å². The number of aliphatic hydroxyl groups is 3. The molecule has 2 aromatic rings. The van der Waals surface area contributed by atoms with E-state index < -0.39 is 36.0 Å². The Morgan fingerprint density at radius 3 is 2.60 bits per heavy atom. The Hall–Kier alpha value is -2.78. The van der Waals surface area contributed by atoms with Crippen LogP contribution in [0.3, 0.4) is 0 Å². The summed E-state index contributed by atoms with van der Waals surface area (Å²) in [7, 11) is 0. The van der Waals surface area contributed by atoms with E-state index in [1.165, 1.54) is 10.9 Å². The highest BCUT2D eigenvalue weighted by Gasteiger charge is 2.47. The number of carbonyl (C=O) groups is 1. The molecule has 2 fully saturated rings. The normalized spacial score (nSPS) is 31.2. The Labute approximate surface area is 204 Å². The Morgan fingerprint density at radius 1 is 1.29 bits per heavy atom. The first kappa shape index (κ1) is 25.3. The van der Waals surface area contributed by atoms with Crippen molar-refractivity contribution in [3.63, 3.8) is 0 Å². The van der Waals surface area contributed by atoms with E-state index in [4.69, 9.17) is 10.5 Å². The van der Waals surface area contributed by atoms with Gasteiger partial charge in [0.05, 0.1) is 6.33 Å². The van der Waals surface area contributed by atoms with Crippen LogP contribution in [0, 0.1) is 23.2 Å². The van der Waals surface area contributed by atoms with Crippen LogP contribution in [0.5, 0.6) is 0 Å². The van der Waals surface area contributed by atoms with E-state index in [0.29, 0.717) is 25.3 Å². The van der Waals surface area contributed by atoms with Crippen LogP contribution in [-0.2, 0) is 9.53 Å². The largest absolute Gasteiger partial charge is 0.387 e. The lowest BCUT2D eigenvalue weighted by atomic mass is 9.68. The average Bonchev–Trinajstić information content (AvgIpc) is 3.34. The topological polar surface area (TPSA) is 169 Å². The molecule has 0 bridgehead atoms. The Balaban J connectivity index is 1.59. The van der Waals surface area contributed by atoms with Crippen molar-refractivity contribution in [1.29, 1.82) is 0 Å². The van der Waals surface area contributed by atoms with Gasteiger partial charge >= 0.3 is 0 Å². The van der Waals surface area contributed by atoms with Crippen LogP contribution in [0.25, 0.3) is 11.2 Å². The molecule has 11 heteroatoms. The lowest BCUT2D eigenvalue weighted by Crippen LogP contribution is -2.42. The highest BCUT2D eigenvalue weighted by Crippen LogP contribution is 2.41. The van der Waals surface area contributed by atoms with Gasteiger partial charge in [-0.25, -0.2) is 15.0 Å². The molecule has 3 heterocycles. The second-order valence-electron chi connectivity index (χ2n) is 10.5. The van der Waals surface area contributed by atoms with Crippen molar-refractivity contribution in [2.45, 2.75) is 83.5 Å². The fraction of sp³-hybridized carbons (Fsp3) is 0.667. The van der Waals surface area contributed by atoms with Crippen LogP contribution >= 0.6 is 0 Å². The molecule has 1 saturated heterocycles. The monoisotopic (exact) mass is 486 g/mol. The smallest absolute Gasteiger partial charge is 0.252 e. The lowest BCUT2D eigenvalue weighted by Gasteiger charge is -2.39. The summed E-state index contributed by atoms with van der Waals surface area (Å²) in [5, 5.41) is 34.5. The van der Waals surface area contributed by atoms with E-state index >= 15 is 0 Å². The van der Waals surface area contributed by atoms with Gasteiger partial charge < -0.3 is 31.1 Å². The Bertz CT molecular complexity index is 1150. The summed E-state index contributed by atoms with van der Waals surface area (Å²) in [6.07, 6.45) is -0.931. The number of hydrogen-bond donors (Lipinski definition) is 5. The van der Waals surface area contributed by atoms with Crippen LogP contribution in [0.1, 0.15) is 65.4 Å². The number of fused-ring (bicyclic) bond motifs is 1. The minimum Gasteiger partial charge on any atom is -0.387 e. The molecule has 2 aliphatic rings. The van der Waals surface area contributed by atoms with Gasteiger partial charge in [-0.05, 0) is 49.9 Å². The number of imidazole rings is 1. The van der Waals surface area contributed by atoms with Crippen molar-refractivity contribution in [2.75, 3.05) is 12.3 Å². The van der Waals surface area contributed by atoms with Crippen LogP contribution in [0.15, 0.2) is 6.33 Å². The maximum absolute atomic E-state index is 12.2. The third kappa shape index (κ3) is 4.97. The Morgan fingerprint density at radius 2 is 1.97 bits per heavy atom. The van der Waals surface area contributed by atoms with Gasteiger partial charge in [-0.15, -0.1) is 0 Å². The predicted octanol–water partition coefficient (Wildman–Crippen LogP) is 0.483. The first-order valence-electron chi connectivity index (χ1n) is 12.0. The number of amides is 1. The molecular weight excluding hydrogens is 452 g/mol. The molecule has 1 aliphatic heterocycles. The third-order valence-corrected chi connectivity index (χ3v) is 7.01. The van der Waals surface area contributed by atoms with E-state index in [9.17, 15) is 20.1 Å². The third-order valence-electron chi connectivity index (χ3n) is 7.01. The molecule has 4 atom stereocenters. The zero-order chi connectivity index (χ0) is 25.5. The summed E-state index contributed by atoms with van der Waals surface area (Å²) in [6.45, 7) is 8.74. The molecule has 1 unspecified atom stereocenters. The fourth-order valence-electron chi connectivity index (χ4n) is 4.82. The summed E-state index contributed by atoms with van der Waals surface area (Å²) in [5.74, 6) is 5.96. The van der Waals surface area contributed by atoms with Gasteiger partial charge in [0.1, 0.15) is 23.3 Å². The molecule has 1 saturated carbocycles. The number of rotatable bonds is 3. The molecule has 35 heavy (non-hydrogen) atoms. The number of anilines is 1. The lowest BCUT2D eigenvalue weighted by molar-refractivity contribution is -0.137. The molecule has 1 amide bonds. The maximum atomic E-state index is 12.2. The maximum Gasteiger partial charge on any atom is 0.252 e. The number of nitrogens with two attached hydrogens (primary N) is 1. The first-order valence-corrected chi connectivity index (χ1v) is 12.0. The number of carbonyl (C=O) groups excluding carboxylic acids is 1. The van der Waals surface area contributed by atoms with Gasteiger partial charge in [0, 0.05) is 6.54 Å². The quantitative estimate of drug-likeness (QED) is 0.387. The number of nitrogens with one attached hydrogen (secondary N) is 1. The Kier molecular flexibility index (Phi) is 6.76. The summed E-state index contributed by atoms with van der Waals surface area (Å²) in [4.78, 5) is 25.0. The molecule has 1 aliphatic carbocycles. The predicted molar refractivity (Wildman–Crippen MR) is 128 cm³/mol. The van der Waals surface area contributed by atoms with E-state index in [0.717, 1.165) is 12.8 Å². The summed E-state index contributed by atoms with van der Waals surface area (Å²) in [5.41, 5.74) is 5.65. The van der Waals surface area contributed by atoms with Crippen LogP contribution in [0.2, 0.25) is 0 Å². The number of hydrogen-bond acceptors (Lipinski definition) is 9. The van der Waals surface area contributed by atoms with Gasteiger partial charge in [0.25, 0.3) is 5.91 Å². The molecule has 190 valence electrons. The van der Waals surface area contributed by atoms with E-state index in [2.05, 4.69) is 52.9 Å². The van der Waals surface area contributed by atoms with Gasteiger partial charge in [-0.2, -0.15) is 0 Å². The number of nitrogens with zero attached hydrogens (tertiary/aromatic N) is 4. The molecule has 2 aromatic heterocycles. The number of aromatic nitrogens is 4. The molecule has 6 N–H and O–H groups in total. The molecular formula is C24H34N6O5. The van der Waals surface area contributed by atoms with Crippen molar-refractivity contribution >= 4 is 22.9 Å². The summed E-state index contributed by atoms with van der Waals surface area (Å²) >= 11 is 0. The first-order chi connectivity index (χ1) is 16.4. The number of nitrogen functional groups attached to an aromatic ring is 1. The van der Waals surface area contributed by atoms with Crippen LogP contribution < -0.4 is 11.1 Å².